The lowest BCUT2D eigenvalue weighted by atomic mass is 9.73. The molecule has 0 spiro atoms. The highest BCUT2D eigenvalue weighted by Crippen LogP contribution is 2.53. The van der Waals surface area contributed by atoms with Gasteiger partial charge in [0.25, 0.3) is 11.8 Å². The summed E-state index contributed by atoms with van der Waals surface area (Å²) in [4.78, 5) is 26.7. The lowest BCUT2D eigenvalue weighted by Gasteiger charge is -2.45. The van der Waals surface area contributed by atoms with Gasteiger partial charge >= 0.3 is 12.0 Å². The summed E-state index contributed by atoms with van der Waals surface area (Å²) in [5.74, 6) is -7.37. The number of alkyl halides is 4. The monoisotopic (exact) mass is 610 g/mol. The third-order valence-electron chi connectivity index (χ3n) is 8.05. The van der Waals surface area contributed by atoms with Crippen LogP contribution in [0.25, 0.3) is 0 Å². The lowest BCUT2D eigenvalue weighted by Crippen LogP contribution is -2.68. The van der Waals surface area contributed by atoms with Crippen molar-refractivity contribution in [2.24, 2.45) is 0 Å². The second kappa shape index (κ2) is 12.2. The van der Waals surface area contributed by atoms with E-state index in [1.54, 1.807) is 39.0 Å². The van der Waals surface area contributed by atoms with Crippen molar-refractivity contribution >= 4 is 12.0 Å². The number of rotatable bonds is 14. The van der Waals surface area contributed by atoms with E-state index < -0.39 is 60.3 Å². The van der Waals surface area contributed by atoms with E-state index in [4.69, 9.17) is 9.47 Å². The Morgan fingerprint density at radius 3 is 2.07 bits per heavy atom. The molecule has 2 aliphatic carbocycles. The summed E-state index contributed by atoms with van der Waals surface area (Å²) in [6.45, 7) is 5.44. The molecule has 0 bridgehead atoms. The second-order valence-corrected chi connectivity index (χ2v) is 11.4. The smallest absolute Gasteiger partial charge is 0.329 e. The van der Waals surface area contributed by atoms with Crippen LogP contribution in [0.1, 0.15) is 82.0 Å². The van der Waals surface area contributed by atoms with Gasteiger partial charge in [-0.05, 0) is 57.7 Å². The van der Waals surface area contributed by atoms with Crippen molar-refractivity contribution in [1.29, 1.82) is 0 Å². The molecule has 8 nitrogen and oxygen atoms in total. The Morgan fingerprint density at radius 2 is 1.60 bits per heavy atom. The SMILES string of the molecule is CCOc1cc([C@@H](C)N(CCCC(F)(F)c2ccccc2)C(=O)NC2(C(=O)O)CC(F)(F)C2)cc(OCC)c1C1(O)CC1. The molecule has 0 saturated heterocycles. The third-order valence-corrected chi connectivity index (χ3v) is 8.05. The Kier molecular flexibility index (Phi) is 9.20. The number of carbonyl (C=O) groups excluding carboxylic acids is 1. The fraction of sp³-hybridized carbons (Fsp3) is 0.548. The normalized spacial score (nSPS) is 18.6. The molecule has 2 saturated carbocycles. The average molecular weight is 611 g/mol. The zero-order valence-corrected chi connectivity index (χ0v) is 24.5. The van der Waals surface area contributed by atoms with Crippen LogP contribution in [0.4, 0.5) is 22.4 Å². The molecule has 43 heavy (non-hydrogen) atoms. The first-order valence-corrected chi connectivity index (χ1v) is 14.5. The van der Waals surface area contributed by atoms with Gasteiger partial charge in [0, 0.05) is 31.4 Å². The molecule has 0 radical (unpaired) electrons. The first-order chi connectivity index (χ1) is 20.2. The van der Waals surface area contributed by atoms with E-state index in [9.17, 15) is 37.4 Å². The fourth-order valence-corrected chi connectivity index (χ4v) is 5.57. The number of urea groups is 1. The lowest BCUT2D eigenvalue weighted by molar-refractivity contribution is -0.175. The van der Waals surface area contributed by atoms with Gasteiger partial charge in [-0.25, -0.2) is 27.2 Å². The number of hydrogen-bond donors (Lipinski definition) is 3. The van der Waals surface area contributed by atoms with Crippen molar-refractivity contribution in [3.63, 3.8) is 0 Å². The van der Waals surface area contributed by atoms with E-state index in [0.29, 0.717) is 35.5 Å². The number of nitrogens with zero attached hydrogens (tertiary/aromatic N) is 1. The molecule has 4 rings (SSSR count). The number of aliphatic carboxylic acids is 1. The predicted octanol–water partition coefficient (Wildman–Crippen LogP) is 6.36. The molecule has 0 unspecified atom stereocenters. The largest absolute Gasteiger partial charge is 0.493 e. The molecule has 2 aliphatic rings. The molecule has 2 fully saturated rings. The van der Waals surface area contributed by atoms with Gasteiger partial charge in [-0.15, -0.1) is 0 Å². The molecular formula is C31H38F4N2O6. The van der Waals surface area contributed by atoms with Crippen molar-refractivity contribution in [3.8, 4) is 11.5 Å². The second-order valence-electron chi connectivity index (χ2n) is 11.4. The average Bonchev–Trinajstić information content (AvgIpc) is 3.67. The highest BCUT2D eigenvalue weighted by Gasteiger charge is 2.62. The number of carboxylic acid groups (broad SMARTS) is 1. The summed E-state index contributed by atoms with van der Waals surface area (Å²) in [6.07, 6.45) is -1.93. The van der Waals surface area contributed by atoms with E-state index in [-0.39, 0.29) is 31.7 Å². The van der Waals surface area contributed by atoms with Crippen LogP contribution in [0.3, 0.4) is 0 Å². The summed E-state index contributed by atoms with van der Waals surface area (Å²) in [6, 6.07) is 8.66. The van der Waals surface area contributed by atoms with Gasteiger partial charge in [-0.2, -0.15) is 0 Å². The van der Waals surface area contributed by atoms with Crippen molar-refractivity contribution in [3.05, 3.63) is 59.2 Å². The molecule has 2 amide bonds. The summed E-state index contributed by atoms with van der Waals surface area (Å²) in [7, 11) is 0. The van der Waals surface area contributed by atoms with Crippen molar-refractivity contribution < 1.29 is 46.8 Å². The number of carbonyl (C=O) groups is 2. The summed E-state index contributed by atoms with van der Waals surface area (Å²) in [5.41, 5.74) is -2.55. The van der Waals surface area contributed by atoms with E-state index >= 15 is 0 Å². The van der Waals surface area contributed by atoms with Gasteiger partial charge in [0.2, 0.25) is 0 Å². The third kappa shape index (κ3) is 7.00. The highest BCUT2D eigenvalue weighted by atomic mass is 19.3. The Balaban J connectivity index is 1.65. The molecule has 236 valence electrons. The van der Waals surface area contributed by atoms with Gasteiger partial charge in [0.05, 0.1) is 30.4 Å². The molecule has 12 heteroatoms. The number of halogens is 4. The molecule has 0 aromatic heterocycles. The van der Waals surface area contributed by atoms with Gasteiger partial charge in [0.1, 0.15) is 11.5 Å². The summed E-state index contributed by atoms with van der Waals surface area (Å²) >= 11 is 0. The van der Waals surface area contributed by atoms with Crippen molar-refractivity contribution in [2.75, 3.05) is 19.8 Å². The predicted molar refractivity (Wildman–Crippen MR) is 150 cm³/mol. The highest BCUT2D eigenvalue weighted by molar-refractivity contribution is 5.88. The number of aliphatic hydroxyl groups is 1. The molecule has 0 heterocycles. The van der Waals surface area contributed by atoms with Crippen molar-refractivity contribution in [1.82, 2.24) is 10.2 Å². The van der Waals surface area contributed by atoms with Crippen LogP contribution < -0.4 is 14.8 Å². The Morgan fingerprint density at radius 1 is 1.05 bits per heavy atom. The Bertz CT molecular complexity index is 1280. The van der Waals surface area contributed by atoms with Crippen LogP contribution in [0.15, 0.2) is 42.5 Å². The van der Waals surface area contributed by atoms with Crippen LogP contribution in [-0.2, 0) is 16.3 Å². The van der Waals surface area contributed by atoms with Crippen LogP contribution in [0.2, 0.25) is 0 Å². The summed E-state index contributed by atoms with van der Waals surface area (Å²) < 4.78 is 69.1. The first kappa shape index (κ1) is 32.4. The zero-order chi connectivity index (χ0) is 31.6. The van der Waals surface area contributed by atoms with Crippen LogP contribution >= 0.6 is 0 Å². The van der Waals surface area contributed by atoms with Crippen LogP contribution in [-0.4, -0.2) is 58.3 Å². The van der Waals surface area contributed by atoms with Gasteiger partial charge in [0.15, 0.2) is 5.54 Å². The minimum absolute atomic E-state index is 0.176. The Hall–Kier alpha value is -3.54. The fourth-order valence-electron chi connectivity index (χ4n) is 5.57. The molecule has 2 aromatic rings. The zero-order valence-electron chi connectivity index (χ0n) is 24.5. The maximum Gasteiger partial charge on any atom is 0.329 e. The van der Waals surface area contributed by atoms with Crippen molar-refractivity contribution in [2.45, 2.75) is 88.3 Å². The molecule has 1 atom stereocenters. The van der Waals surface area contributed by atoms with Gasteiger partial charge < -0.3 is 29.9 Å². The van der Waals surface area contributed by atoms with E-state index in [1.807, 2.05) is 0 Å². The van der Waals surface area contributed by atoms with Gasteiger partial charge in [-0.1, -0.05) is 30.3 Å². The number of hydrogen-bond acceptors (Lipinski definition) is 5. The molecule has 3 N–H and O–H groups in total. The number of amides is 2. The first-order valence-electron chi connectivity index (χ1n) is 14.5. The minimum Gasteiger partial charge on any atom is -0.493 e. The van der Waals surface area contributed by atoms with Crippen LogP contribution in [0, 0.1) is 0 Å². The topological polar surface area (TPSA) is 108 Å². The summed E-state index contributed by atoms with van der Waals surface area (Å²) in [5, 5.41) is 22.9. The number of carboxylic acids is 1. The minimum atomic E-state index is -3.25. The molecule has 0 aliphatic heterocycles. The maximum absolute atomic E-state index is 15.0. The van der Waals surface area contributed by atoms with Crippen LogP contribution in [0.5, 0.6) is 11.5 Å². The van der Waals surface area contributed by atoms with E-state index in [2.05, 4.69) is 5.32 Å². The number of ether oxygens (including phenoxy) is 2. The Labute approximate surface area is 248 Å². The van der Waals surface area contributed by atoms with Gasteiger partial charge in [-0.3, -0.25) is 0 Å². The maximum atomic E-state index is 15.0. The standard InChI is InChI=1S/C31H38F4N2O6/c1-4-42-23-16-21(17-24(43-5-2)25(23)29(41)13-14-29)20(3)37(15-9-12-31(34,35)22-10-7-6-8-11-22)27(40)36-28(26(38)39)18-30(32,33)19-28/h6-8,10-11,16-17,20,41H,4-5,9,12-15,18-19H2,1-3H3,(H,36,40)(H,38,39)/t20-/m1/s1. The number of benzene rings is 2. The quantitative estimate of drug-likeness (QED) is 0.215. The van der Waals surface area contributed by atoms with E-state index in [1.165, 1.54) is 24.3 Å². The number of nitrogens with one attached hydrogen (secondary N) is 1. The molecular weight excluding hydrogens is 572 g/mol. The molecule has 2 aromatic carbocycles. The van der Waals surface area contributed by atoms with E-state index in [0.717, 1.165) is 4.90 Å².